The lowest BCUT2D eigenvalue weighted by Crippen LogP contribution is -2.33. The molecule has 0 saturated heterocycles. The zero-order valence-corrected chi connectivity index (χ0v) is 24.2. The highest BCUT2D eigenvalue weighted by Crippen LogP contribution is 2.26. The van der Waals surface area contributed by atoms with Gasteiger partial charge in [-0.05, 0) is 108 Å². The molecule has 220 valence electrons. The Morgan fingerprint density at radius 3 is 2.60 bits per heavy atom. The first-order valence-electron chi connectivity index (χ1n) is 13.8. The number of ether oxygens (including phenoxy) is 2. The molecule has 0 aromatic heterocycles. The molecule has 1 aromatic rings. The van der Waals surface area contributed by atoms with Gasteiger partial charge in [-0.15, -0.1) is 5.73 Å². The van der Waals surface area contributed by atoms with Gasteiger partial charge in [0.05, 0.1) is 6.61 Å². The number of carbonyl (C=O) groups is 2. The van der Waals surface area contributed by atoms with Crippen LogP contribution < -0.4 is 15.8 Å². The second-order valence-corrected chi connectivity index (χ2v) is 11.0. The Morgan fingerprint density at radius 2 is 1.93 bits per heavy atom. The van der Waals surface area contributed by atoms with E-state index in [1.165, 1.54) is 0 Å². The van der Waals surface area contributed by atoms with E-state index in [4.69, 9.17) is 4.74 Å². The predicted molar refractivity (Wildman–Crippen MR) is 152 cm³/mol. The Bertz CT molecular complexity index is 1230. The van der Waals surface area contributed by atoms with Gasteiger partial charge in [-0.25, -0.2) is 4.79 Å². The molecule has 1 atom stereocenters. The molecule has 0 radical (unpaired) electrons. The first-order chi connectivity index (χ1) is 18.8. The Kier molecular flexibility index (Phi) is 12.9. The third kappa shape index (κ3) is 12.0. The average molecular weight is 562 g/mol. The fourth-order valence-electron chi connectivity index (χ4n) is 4.55. The van der Waals surface area contributed by atoms with Crippen molar-refractivity contribution in [3.63, 3.8) is 0 Å². The van der Waals surface area contributed by atoms with Crippen molar-refractivity contribution in [3.05, 3.63) is 63.6 Å². The molecule has 1 aromatic carbocycles. The van der Waals surface area contributed by atoms with Gasteiger partial charge >= 0.3 is 12.1 Å². The summed E-state index contributed by atoms with van der Waals surface area (Å²) in [4.78, 5) is 24.9. The minimum atomic E-state index is -4.39. The van der Waals surface area contributed by atoms with Gasteiger partial charge < -0.3 is 14.8 Å². The monoisotopic (exact) mass is 561 g/mol. The topological polar surface area (TPSA) is 64.6 Å². The van der Waals surface area contributed by atoms with E-state index >= 15 is 0 Å². The summed E-state index contributed by atoms with van der Waals surface area (Å²) in [7, 11) is 0. The van der Waals surface area contributed by atoms with Crippen LogP contribution in [0.1, 0.15) is 82.1 Å². The summed E-state index contributed by atoms with van der Waals surface area (Å²) >= 11 is 0. The van der Waals surface area contributed by atoms with Crippen molar-refractivity contribution in [2.75, 3.05) is 19.8 Å². The van der Waals surface area contributed by atoms with Crippen LogP contribution >= 0.6 is 0 Å². The Balaban J connectivity index is 1.96. The molecule has 1 aliphatic rings. The summed E-state index contributed by atoms with van der Waals surface area (Å²) in [6.45, 7) is 7.80. The van der Waals surface area contributed by atoms with E-state index in [0.29, 0.717) is 11.5 Å². The number of rotatable bonds is 9. The molecule has 2 rings (SSSR count). The number of hydrogen-bond acceptors (Lipinski definition) is 4. The number of nitrogens with one attached hydrogen (secondary N) is 1. The Morgan fingerprint density at radius 1 is 1.18 bits per heavy atom. The lowest BCUT2D eigenvalue weighted by atomic mass is 9.89. The van der Waals surface area contributed by atoms with Gasteiger partial charge in [0, 0.05) is 22.9 Å². The van der Waals surface area contributed by atoms with E-state index in [1.807, 2.05) is 65.0 Å². The minimum Gasteiger partial charge on any atom is -0.457 e. The fourth-order valence-corrected chi connectivity index (χ4v) is 4.55. The van der Waals surface area contributed by atoms with Crippen LogP contribution in [0.4, 0.5) is 13.2 Å². The molecule has 8 heteroatoms. The molecule has 1 amide bonds. The molecule has 0 spiro atoms. The van der Waals surface area contributed by atoms with Gasteiger partial charge in [0.1, 0.15) is 12.2 Å². The highest BCUT2D eigenvalue weighted by atomic mass is 19.4. The number of esters is 1. The molecule has 5 nitrogen and oxygen atoms in total. The summed E-state index contributed by atoms with van der Waals surface area (Å²) in [5.41, 5.74) is 4.81. The number of benzene rings is 1. The summed E-state index contributed by atoms with van der Waals surface area (Å²) in [5.74, 6) is -0.00742. The zero-order valence-electron chi connectivity index (χ0n) is 24.2. The summed E-state index contributed by atoms with van der Waals surface area (Å²) < 4.78 is 46.5. The van der Waals surface area contributed by atoms with Gasteiger partial charge in [0.2, 0.25) is 0 Å². The molecule has 1 aliphatic carbocycles. The maximum absolute atomic E-state index is 12.5. The summed E-state index contributed by atoms with van der Waals surface area (Å²) in [5, 5.41) is 4.32. The van der Waals surface area contributed by atoms with Crippen molar-refractivity contribution >= 4 is 23.7 Å². The van der Waals surface area contributed by atoms with E-state index in [1.54, 1.807) is 6.07 Å². The molecule has 1 N–H and O–H groups in total. The number of allylic oxidation sites excluding steroid dienone is 4. The normalized spacial score (nSPS) is 17.1. The maximum atomic E-state index is 12.5. The van der Waals surface area contributed by atoms with Crippen LogP contribution in [-0.4, -0.2) is 43.4 Å². The molecule has 0 aliphatic heterocycles. The van der Waals surface area contributed by atoms with E-state index < -0.39 is 18.4 Å². The largest absolute Gasteiger partial charge is 0.457 e. The van der Waals surface area contributed by atoms with E-state index in [9.17, 15) is 22.8 Å². The van der Waals surface area contributed by atoms with Crippen molar-refractivity contribution in [2.24, 2.45) is 5.92 Å². The van der Waals surface area contributed by atoms with Gasteiger partial charge in [0.25, 0.3) is 5.91 Å². The molecule has 40 heavy (non-hydrogen) atoms. The molecule has 1 unspecified atom stereocenters. The molecular formula is C32H42F3NO4. The number of alkyl halides is 3. The van der Waals surface area contributed by atoms with Crippen molar-refractivity contribution in [1.82, 2.24) is 5.32 Å². The molecule has 0 fully saturated rings. The van der Waals surface area contributed by atoms with Crippen molar-refractivity contribution in [2.45, 2.75) is 84.9 Å². The van der Waals surface area contributed by atoms with Crippen LogP contribution in [0, 0.1) is 12.8 Å². The third-order valence-electron chi connectivity index (χ3n) is 6.47. The number of amides is 1. The van der Waals surface area contributed by atoms with Crippen LogP contribution in [0.2, 0.25) is 0 Å². The zero-order chi connectivity index (χ0) is 29.8. The van der Waals surface area contributed by atoms with Gasteiger partial charge in [-0.3, -0.25) is 4.79 Å². The highest BCUT2D eigenvalue weighted by molar-refractivity contribution is 5.95. The number of halogens is 3. The minimum absolute atomic E-state index is 0.0136. The maximum Gasteiger partial charge on any atom is 0.411 e. The quantitative estimate of drug-likeness (QED) is 0.234. The van der Waals surface area contributed by atoms with E-state index in [0.717, 1.165) is 60.1 Å². The van der Waals surface area contributed by atoms with Crippen molar-refractivity contribution in [1.29, 1.82) is 0 Å². The third-order valence-corrected chi connectivity index (χ3v) is 6.47. The number of hydrogen-bond donors (Lipinski definition) is 1. The van der Waals surface area contributed by atoms with Gasteiger partial charge in [-0.2, -0.15) is 13.2 Å². The Labute approximate surface area is 235 Å². The van der Waals surface area contributed by atoms with E-state index in [-0.39, 0.29) is 25.0 Å². The van der Waals surface area contributed by atoms with Crippen LogP contribution in [0.5, 0.6) is 0 Å². The summed E-state index contributed by atoms with van der Waals surface area (Å²) in [6, 6.07) is 3.51. The van der Waals surface area contributed by atoms with Gasteiger partial charge in [0.15, 0.2) is 0 Å². The first-order valence-corrected chi connectivity index (χ1v) is 13.8. The molecule has 0 saturated carbocycles. The molecule has 0 heterocycles. The fraction of sp³-hybridized carbons (Fsp3) is 0.531. The SMILES string of the molecule is C/C=c1/c(C)c(C(=O)NCCOCC(F)(F)F)ccc1=C=C/C=C/CC1CCC=C(C(=O)OC(C)(C)C)CCC1. The smallest absolute Gasteiger partial charge is 0.411 e. The van der Waals surface area contributed by atoms with Crippen molar-refractivity contribution in [3.8, 4) is 0 Å². The Hall–Kier alpha value is -3.09. The highest BCUT2D eigenvalue weighted by Gasteiger charge is 2.27. The molecule has 0 bridgehead atoms. The lowest BCUT2D eigenvalue weighted by Gasteiger charge is -2.22. The van der Waals surface area contributed by atoms with E-state index in [2.05, 4.69) is 21.9 Å². The van der Waals surface area contributed by atoms with Crippen LogP contribution in [0.3, 0.4) is 0 Å². The average Bonchev–Trinajstić information content (AvgIpc) is 2.82. The van der Waals surface area contributed by atoms with Crippen molar-refractivity contribution < 1.29 is 32.2 Å². The second kappa shape index (κ2) is 15.6. The second-order valence-electron chi connectivity index (χ2n) is 11.0. The van der Waals surface area contributed by atoms with Crippen LogP contribution in [-0.2, 0) is 14.3 Å². The predicted octanol–water partition coefficient (Wildman–Crippen LogP) is 5.83. The van der Waals surface area contributed by atoms with Crippen LogP contribution in [0.15, 0.2) is 42.0 Å². The van der Waals surface area contributed by atoms with Crippen LogP contribution in [0.25, 0.3) is 11.8 Å². The van der Waals surface area contributed by atoms with Gasteiger partial charge in [-0.1, -0.05) is 24.3 Å². The lowest BCUT2D eigenvalue weighted by molar-refractivity contribution is -0.173. The summed E-state index contributed by atoms with van der Waals surface area (Å²) in [6.07, 6.45) is 11.2. The first kappa shape index (κ1) is 33.1. The number of carbonyl (C=O) groups excluding carboxylic acids is 2. The standard InChI is InChI=1S/C32H42F3NO4/c1-6-27-23(2)28(29(37)36-20-21-39-22-32(33,34)35)19-18-25(27)15-9-7-8-12-24-13-10-16-26(17-11-14-24)30(38)40-31(3,4)5/h6-9,16,18-19,24H,10-14,17,20-22H2,1-5H3,(H,36,37)/b8-7+,26-16?,27-6-. The molecular weight excluding hydrogens is 519 g/mol.